The largest absolute Gasteiger partial charge is 0.350 e. The van der Waals surface area contributed by atoms with Crippen LogP contribution in [0.3, 0.4) is 0 Å². The van der Waals surface area contributed by atoms with Crippen LogP contribution < -0.4 is 5.32 Å². The number of rotatable bonds is 3. The third-order valence-corrected chi connectivity index (χ3v) is 4.57. The van der Waals surface area contributed by atoms with E-state index >= 15 is 0 Å². The van der Waals surface area contributed by atoms with Gasteiger partial charge in [0.2, 0.25) is 0 Å². The van der Waals surface area contributed by atoms with Gasteiger partial charge in [0.05, 0.1) is 17.4 Å². The first-order valence-corrected chi connectivity index (χ1v) is 7.47. The molecular formula is C15H19N5O. The lowest BCUT2D eigenvalue weighted by atomic mass is 10.1. The van der Waals surface area contributed by atoms with Gasteiger partial charge in [-0.15, -0.1) is 0 Å². The number of benzene rings is 1. The predicted molar refractivity (Wildman–Crippen MR) is 80.2 cm³/mol. The van der Waals surface area contributed by atoms with Crippen LogP contribution >= 0.6 is 0 Å². The molecule has 0 spiro atoms. The van der Waals surface area contributed by atoms with Crippen molar-refractivity contribution in [2.45, 2.75) is 6.04 Å². The second kappa shape index (κ2) is 5.13. The maximum Gasteiger partial charge on any atom is 0.251 e. The second-order valence-corrected chi connectivity index (χ2v) is 5.83. The van der Waals surface area contributed by atoms with Gasteiger partial charge in [-0.05, 0) is 18.2 Å². The van der Waals surface area contributed by atoms with Crippen LogP contribution in [0.1, 0.15) is 10.4 Å². The SMILES string of the molecule is O=C(NCC1CN2CCN1CC2)c1ccc2nc[nH]c2c1. The van der Waals surface area contributed by atoms with E-state index in [1.165, 1.54) is 13.1 Å². The van der Waals surface area contributed by atoms with Crippen molar-refractivity contribution in [3.8, 4) is 0 Å². The minimum atomic E-state index is -0.0100. The highest BCUT2D eigenvalue weighted by Gasteiger charge is 2.31. The summed E-state index contributed by atoms with van der Waals surface area (Å²) in [7, 11) is 0. The Kier molecular flexibility index (Phi) is 3.12. The van der Waals surface area contributed by atoms with Gasteiger partial charge in [0.15, 0.2) is 0 Å². The number of piperazine rings is 3. The van der Waals surface area contributed by atoms with E-state index in [0.717, 1.165) is 37.2 Å². The third kappa shape index (κ3) is 2.41. The van der Waals surface area contributed by atoms with Gasteiger partial charge in [-0.25, -0.2) is 4.98 Å². The van der Waals surface area contributed by atoms with Crippen molar-refractivity contribution >= 4 is 16.9 Å². The zero-order valence-corrected chi connectivity index (χ0v) is 11.9. The minimum Gasteiger partial charge on any atom is -0.350 e. The number of aromatic amines is 1. The molecule has 3 aliphatic heterocycles. The first-order chi connectivity index (χ1) is 10.3. The summed E-state index contributed by atoms with van der Waals surface area (Å²) in [5.74, 6) is -0.0100. The summed E-state index contributed by atoms with van der Waals surface area (Å²) < 4.78 is 0. The van der Waals surface area contributed by atoms with Gasteiger partial charge in [-0.1, -0.05) is 0 Å². The second-order valence-electron chi connectivity index (χ2n) is 5.83. The molecule has 110 valence electrons. The summed E-state index contributed by atoms with van der Waals surface area (Å²) in [6.45, 7) is 6.37. The van der Waals surface area contributed by atoms with Crippen LogP contribution in [-0.4, -0.2) is 71.0 Å². The van der Waals surface area contributed by atoms with E-state index in [1.54, 1.807) is 6.33 Å². The van der Waals surface area contributed by atoms with E-state index in [2.05, 4.69) is 25.1 Å². The molecule has 21 heavy (non-hydrogen) atoms. The Labute approximate surface area is 123 Å². The van der Waals surface area contributed by atoms with Gasteiger partial charge in [-0.3, -0.25) is 14.6 Å². The molecule has 1 amide bonds. The molecule has 1 atom stereocenters. The van der Waals surface area contributed by atoms with E-state index in [-0.39, 0.29) is 5.91 Å². The van der Waals surface area contributed by atoms with Crippen molar-refractivity contribution in [2.24, 2.45) is 0 Å². The lowest BCUT2D eigenvalue weighted by Gasteiger charge is -2.47. The fourth-order valence-electron chi connectivity index (χ4n) is 3.31. The van der Waals surface area contributed by atoms with Gasteiger partial charge in [0, 0.05) is 50.9 Å². The molecule has 0 saturated carbocycles. The molecule has 1 aromatic carbocycles. The molecular weight excluding hydrogens is 266 g/mol. The first-order valence-electron chi connectivity index (χ1n) is 7.47. The van der Waals surface area contributed by atoms with Gasteiger partial charge < -0.3 is 10.3 Å². The quantitative estimate of drug-likeness (QED) is 0.851. The molecule has 2 bridgehead atoms. The van der Waals surface area contributed by atoms with Gasteiger partial charge in [0.25, 0.3) is 5.91 Å². The molecule has 4 heterocycles. The number of nitrogens with zero attached hydrogens (tertiary/aromatic N) is 3. The highest BCUT2D eigenvalue weighted by Crippen LogP contribution is 2.15. The Balaban J connectivity index is 1.41. The monoisotopic (exact) mass is 285 g/mol. The van der Waals surface area contributed by atoms with E-state index in [1.807, 2.05) is 18.2 Å². The van der Waals surface area contributed by atoms with Crippen molar-refractivity contribution in [2.75, 3.05) is 39.3 Å². The lowest BCUT2D eigenvalue weighted by Crippen LogP contribution is -2.63. The van der Waals surface area contributed by atoms with Crippen LogP contribution in [-0.2, 0) is 0 Å². The zero-order chi connectivity index (χ0) is 14.2. The van der Waals surface area contributed by atoms with Crippen LogP contribution in [0, 0.1) is 0 Å². The van der Waals surface area contributed by atoms with E-state index in [9.17, 15) is 4.79 Å². The smallest absolute Gasteiger partial charge is 0.251 e. The van der Waals surface area contributed by atoms with E-state index in [0.29, 0.717) is 11.6 Å². The predicted octanol–water partition coefficient (Wildman–Crippen LogP) is 0.293. The Hall–Kier alpha value is -1.92. The fourth-order valence-corrected chi connectivity index (χ4v) is 3.31. The molecule has 6 heteroatoms. The van der Waals surface area contributed by atoms with Crippen molar-refractivity contribution < 1.29 is 4.79 Å². The van der Waals surface area contributed by atoms with Crippen molar-refractivity contribution in [3.63, 3.8) is 0 Å². The fraction of sp³-hybridized carbons (Fsp3) is 0.467. The van der Waals surface area contributed by atoms with Crippen molar-refractivity contribution in [3.05, 3.63) is 30.1 Å². The summed E-state index contributed by atoms with van der Waals surface area (Å²) in [6, 6.07) is 6.01. The van der Waals surface area contributed by atoms with Crippen molar-refractivity contribution in [1.82, 2.24) is 25.1 Å². The maximum atomic E-state index is 12.3. The molecule has 0 radical (unpaired) electrons. The topological polar surface area (TPSA) is 64.3 Å². The Morgan fingerprint density at radius 1 is 1.33 bits per heavy atom. The maximum absolute atomic E-state index is 12.3. The first kappa shape index (κ1) is 12.8. The summed E-state index contributed by atoms with van der Waals surface area (Å²) in [5, 5.41) is 3.07. The number of fused-ring (bicyclic) bond motifs is 4. The Morgan fingerprint density at radius 2 is 2.19 bits per heavy atom. The number of H-pyrrole nitrogens is 1. The molecule has 2 aromatic rings. The number of aromatic nitrogens is 2. The summed E-state index contributed by atoms with van der Waals surface area (Å²) in [6.07, 6.45) is 1.65. The molecule has 0 aliphatic carbocycles. The molecule has 2 N–H and O–H groups in total. The highest BCUT2D eigenvalue weighted by atomic mass is 16.1. The summed E-state index contributed by atoms with van der Waals surface area (Å²) in [5.41, 5.74) is 2.47. The molecule has 3 saturated heterocycles. The van der Waals surface area contributed by atoms with Crippen molar-refractivity contribution in [1.29, 1.82) is 0 Å². The van der Waals surface area contributed by atoms with Crippen LogP contribution in [0.5, 0.6) is 0 Å². The summed E-state index contributed by atoms with van der Waals surface area (Å²) >= 11 is 0. The molecule has 1 unspecified atom stereocenters. The third-order valence-electron chi connectivity index (χ3n) is 4.57. The molecule has 3 fully saturated rings. The number of nitrogens with one attached hydrogen (secondary N) is 2. The number of imidazole rings is 1. The average Bonchev–Trinajstić information content (AvgIpc) is 3.01. The zero-order valence-electron chi connectivity index (χ0n) is 11.9. The van der Waals surface area contributed by atoms with Gasteiger partial charge in [0.1, 0.15) is 0 Å². The van der Waals surface area contributed by atoms with Crippen LogP contribution in [0.15, 0.2) is 24.5 Å². The van der Waals surface area contributed by atoms with E-state index < -0.39 is 0 Å². The highest BCUT2D eigenvalue weighted by molar-refractivity contribution is 5.97. The minimum absolute atomic E-state index is 0.0100. The van der Waals surface area contributed by atoms with E-state index in [4.69, 9.17) is 0 Å². The van der Waals surface area contributed by atoms with Gasteiger partial charge >= 0.3 is 0 Å². The number of amides is 1. The number of hydrogen-bond acceptors (Lipinski definition) is 4. The molecule has 6 nitrogen and oxygen atoms in total. The lowest BCUT2D eigenvalue weighted by molar-refractivity contribution is 0.0138. The van der Waals surface area contributed by atoms with Crippen LogP contribution in [0.25, 0.3) is 11.0 Å². The summed E-state index contributed by atoms with van der Waals surface area (Å²) in [4.78, 5) is 24.4. The number of hydrogen-bond donors (Lipinski definition) is 2. The average molecular weight is 285 g/mol. The normalized spacial score (nSPS) is 27.9. The standard InChI is InChI=1S/C15H19N5O/c21-15(11-1-2-13-14(7-11)18-10-17-13)16-8-12-9-19-3-5-20(12)6-4-19/h1-2,7,10,12H,3-6,8-9H2,(H,16,21)(H,17,18). The number of carbonyl (C=O) groups is 1. The Morgan fingerprint density at radius 3 is 2.95 bits per heavy atom. The number of carbonyl (C=O) groups excluding carboxylic acids is 1. The van der Waals surface area contributed by atoms with Gasteiger partial charge in [-0.2, -0.15) is 0 Å². The molecule has 3 aliphatic rings. The van der Waals surface area contributed by atoms with Crippen LogP contribution in [0.2, 0.25) is 0 Å². The molecule has 1 aromatic heterocycles. The Bertz CT molecular complexity index is 659. The van der Waals surface area contributed by atoms with Crippen LogP contribution in [0.4, 0.5) is 0 Å². The molecule has 5 rings (SSSR count).